The zero-order valence-electron chi connectivity index (χ0n) is 23.5. The lowest BCUT2D eigenvalue weighted by Crippen LogP contribution is -2.39. The number of halogens is 1. The summed E-state index contributed by atoms with van der Waals surface area (Å²) in [6, 6.07) is 17.2. The van der Waals surface area contributed by atoms with Gasteiger partial charge in [-0.15, -0.1) is 0 Å². The van der Waals surface area contributed by atoms with E-state index in [-0.39, 0.29) is 12.2 Å². The Morgan fingerprint density at radius 3 is 2.50 bits per heavy atom. The highest BCUT2D eigenvalue weighted by Crippen LogP contribution is 2.31. The number of fused-ring (bicyclic) bond motifs is 1. The number of benzene rings is 2. The van der Waals surface area contributed by atoms with Gasteiger partial charge in [0.2, 0.25) is 0 Å². The van der Waals surface area contributed by atoms with Gasteiger partial charge in [-0.25, -0.2) is 9.79 Å². The molecule has 2 aromatic heterocycles. The van der Waals surface area contributed by atoms with E-state index in [0.29, 0.717) is 31.5 Å². The SMILES string of the molecule is CCOC(=O)C1=C(C)N=c2s/c(=C/c3cc(C)n(-c4cccc(Cl)c4)c3C)c(=O)n2[C@@H]1c1ccc(C(C)C)cc1. The van der Waals surface area contributed by atoms with Gasteiger partial charge in [0.05, 0.1) is 28.5 Å². The molecule has 4 aromatic rings. The Morgan fingerprint density at radius 2 is 1.85 bits per heavy atom. The standard InChI is InChI=1S/C32H32ClN3O3S/c1-7-39-31(38)28-20(5)34-32-36(29(28)23-13-11-22(12-14-23)18(2)3)30(37)27(40-32)16-24-15-19(4)35(21(24)6)26-10-8-9-25(33)17-26/h8-18,29H,7H2,1-6H3/b27-16+/t29-/m1/s1. The monoisotopic (exact) mass is 573 g/mol. The van der Waals surface area contributed by atoms with Crippen molar-refractivity contribution in [1.82, 2.24) is 9.13 Å². The molecule has 40 heavy (non-hydrogen) atoms. The van der Waals surface area contributed by atoms with Crippen LogP contribution in [0.2, 0.25) is 5.02 Å². The number of thiazole rings is 1. The molecule has 0 saturated carbocycles. The largest absolute Gasteiger partial charge is 0.463 e. The van der Waals surface area contributed by atoms with Gasteiger partial charge >= 0.3 is 5.97 Å². The predicted molar refractivity (Wildman–Crippen MR) is 161 cm³/mol. The maximum Gasteiger partial charge on any atom is 0.338 e. The van der Waals surface area contributed by atoms with Crippen LogP contribution in [0.1, 0.15) is 67.7 Å². The zero-order valence-corrected chi connectivity index (χ0v) is 25.1. The lowest BCUT2D eigenvalue weighted by molar-refractivity contribution is -0.139. The van der Waals surface area contributed by atoms with Crippen LogP contribution in [0.3, 0.4) is 0 Å². The number of aromatic nitrogens is 2. The van der Waals surface area contributed by atoms with Crippen molar-refractivity contribution in [2.45, 2.75) is 53.5 Å². The van der Waals surface area contributed by atoms with Crippen molar-refractivity contribution in [2.75, 3.05) is 6.61 Å². The average Bonchev–Trinajstić information content (AvgIpc) is 3.37. The van der Waals surface area contributed by atoms with Crippen LogP contribution in [0.15, 0.2) is 75.7 Å². The second-order valence-corrected chi connectivity index (χ2v) is 11.7. The lowest BCUT2D eigenvalue weighted by atomic mass is 9.93. The summed E-state index contributed by atoms with van der Waals surface area (Å²) in [5, 5.41) is 0.661. The third kappa shape index (κ3) is 5.00. The maximum atomic E-state index is 14.0. The summed E-state index contributed by atoms with van der Waals surface area (Å²) < 4.78 is 9.72. The molecular weight excluding hydrogens is 542 g/mol. The minimum Gasteiger partial charge on any atom is -0.463 e. The number of rotatable bonds is 6. The predicted octanol–water partition coefficient (Wildman–Crippen LogP) is 5.98. The highest BCUT2D eigenvalue weighted by atomic mass is 35.5. The molecule has 0 aliphatic carbocycles. The minimum atomic E-state index is -0.627. The first-order valence-electron chi connectivity index (χ1n) is 13.3. The van der Waals surface area contributed by atoms with Gasteiger partial charge in [0.15, 0.2) is 4.80 Å². The van der Waals surface area contributed by atoms with E-state index in [1.807, 2.05) is 56.3 Å². The molecule has 206 valence electrons. The molecule has 8 heteroatoms. The van der Waals surface area contributed by atoms with Crippen molar-refractivity contribution in [2.24, 2.45) is 4.99 Å². The third-order valence-corrected chi connectivity index (χ3v) is 8.48. The molecule has 1 atom stereocenters. The summed E-state index contributed by atoms with van der Waals surface area (Å²) in [5.41, 5.74) is 6.70. The van der Waals surface area contributed by atoms with Crippen LogP contribution < -0.4 is 14.9 Å². The smallest absolute Gasteiger partial charge is 0.338 e. The van der Waals surface area contributed by atoms with Gasteiger partial charge < -0.3 is 9.30 Å². The summed E-state index contributed by atoms with van der Waals surface area (Å²) in [5.74, 6) is -0.0928. The molecule has 0 fully saturated rings. The van der Waals surface area contributed by atoms with Crippen LogP contribution >= 0.6 is 22.9 Å². The average molecular weight is 574 g/mol. The molecule has 6 nitrogen and oxygen atoms in total. The topological polar surface area (TPSA) is 65.6 Å². The van der Waals surface area contributed by atoms with E-state index >= 15 is 0 Å². The van der Waals surface area contributed by atoms with Gasteiger partial charge in [0, 0.05) is 22.1 Å². The first-order chi connectivity index (χ1) is 19.1. The van der Waals surface area contributed by atoms with Gasteiger partial charge in [0.25, 0.3) is 5.56 Å². The second kappa shape index (κ2) is 11.1. The number of carbonyl (C=O) groups excluding carboxylic acids is 1. The van der Waals surface area contributed by atoms with Crippen LogP contribution in [0, 0.1) is 13.8 Å². The lowest BCUT2D eigenvalue weighted by Gasteiger charge is -2.25. The van der Waals surface area contributed by atoms with Gasteiger partial charge in [-0.1, -0.05) is 67.1 Å². The summed E-state index contributed by atoms with van der Waals surface area (Å²) in [7, 11) is 0. The number of hydrogen-bond acceptors (Lipinski definition) is 5. The van der Waals surface area contributed by atoms with Crippen molar-refractivity contribution in [3.63, 3.8) is 0 Å². The highest BCUT2D eigenvalue weighted by Gasteiger charge is 2.33. The molecule has 3 heterocycles. The molecule has 0 saturated heterocycles. The molecule has 0 unspecified atom stereocenters. The summed E-state index contributed by atoms with van der Waals surface area (Å²) in [4.78, 5) is 32.4. The van der Waals surface area contributed by atoms with E-state index in [1.54, 1.807) is 18.4 Å². The maximum absolute atomic E-state index is 14.0. The minimum absolute atomic E-state index is 0.191. The number of esters is 1. The van der Waals surface area contributed by atoms with Crippen LogP contribution in [0.4, 0.5) is 0 Å². The molecule has 0 N–H and O–H groups in total. The van der Waals surface area contributed by atoms with E-state index in [1.165, 1.54) is 16.9 Å². The fraction of sp³-hybridized carbons (Fsp3) is 0.281. The second-order valence-electron chi connectivity index (χ2n) is 10.3. The highest BCUT2D eigenvalue weighted by molar-refractivity contribution is 7.07. The normalized spacial score (nSPS) is 15.4. The fourth-order valence-electron chi connectivity index (χ4n) is 5.26. The first-order valence-corrected chi connectivity index (χ1v) is 14.5. The summed E-state index contributed by atoms with van der Waals surface area (Å²) in [6.07, 6.45) is 1.91. The van der Waals surface area contributed by atoms with Gasteiger partial charge in [-0.05, 0) is 80.6 Å². The Balaban J connectivity index is 1.68. The first kappa shape index (κ1) is 27.9. The van der Waals surface area contributed by atoms with Crippen molar-refractivity contribution in [3.05, 3.63) is 119 Å². The van der Waals surface area contributed by atoms with E-state index in [2.05, 4.69) is 36.6 Å². The third-order valence-electron chi connectivity index (χ3n) is 7.26. The Hall–Kier alpha value is -3.68. The molecular formula is C32H32ClN3O3S. The molecule has 0 amide bonds. The Bertz CT molecular complexity index is 1820. The zero-order chi connectivity index (χ0) is 28.7. The molecule has 2 aromatic carbocycles. The van der Waals surface area contributed by atoms with E-state index < -0.39 is 12.0 Å². The van der Waals surface area contributed by atoms with Crippen molar-refractivity contribution in [3.8, 4) is 5.69 Å². The van der Waals surface area contributed by atoms with E-state index in [9.17, 15) is 9.59 Å². The molecule has 1 aliphatic heterocycles. The number of allylic oxidation sites excluding steroid dienone is 1. The quantitative estimate of drug-likeness (QED) is 0.266. The van der Waals surface area contributed by atoms with Crippen molar-refractivity contribution in [1.29, 1.82) is 0 Å². The van der Waals surface area contributed by atoms with Gasteiger partial charge in [0.1, 0.15) is 0 Å². The van der Waals surface area contributed by atoms with Gasteiger partial charge in [-0.3, -0.25) is 9.36 Å². The van der Waals surface area contributed by atoms with Crippen LogP contribution in [-0.4, -0.2) is 21.7 Å². The summed E-state index contributed by atoms with van der Waals surface area (Å²) >= 11 is 7.59. The van der Waals surface area contributed by atoms with E-state index in [4.69, 9.17) is 21.3 Å². The van der Waals surface area contributed by atoms with Crippen LogP contribution in [0.25, 0.3) is 11.8 Å². The Morgan fingerprint density at radius 1 is 1.12 bits per heavy atom. The van der Waals surface area contributed by atoms with Crippen molar-refractivity contribution >= 4 is 35.0 Å². The van der Waals surface area contributed by atoms with Crippen LogP contribution in [-0.2, 0) is 9.53 Å². The molecule has 1 aliphatic rings. The number of hydrogen-bond donors (Lipinski definition) is 0. The number of ether oxygens (including phenoxy) is 1. The summed E-state index contributed by atoms with van der Waals surface area (Å²) in [6.45, 7) is 12.1. The number of nitrogens with zero attached hydrogens (tertiary/aromatic N) is 3. The van der Waals surface area contributed by atoms with Crippen LogP contribution in [0.5, 0.6) is 0 Å². The van der Waals surface area contributed by atoms with Gasteiger partial charge in [-0.2, -0.15) is 0 Å². The molecule has 5 rings (SSSR count). The van der Waals surface area contributed by atoms with Crippen molar-refractivity contribution < 1.29 is 9.53 Å². The Labute approximate surface area is 242 Å². The van der Waals surface area contributed by atoms with E-state index in [0.717, 1.165) is 28.2 Å². The fourth-order valence-corrected chi connectivity index (χ4v) is 6.48. The molecule has 0 radical (unpaired) electrons. The molecule has 0 bridgehead atoms. The molecule has 0 spiro atoms. The Kier molecular flexibility index (Phi) is 7.71. The number of carbonyl (C=O) groups is 1. The number of aryl methyl sites for hydroxylation is 1.